The van der Waals surface area contributed by atoms with Gasteiger partial charge in [-0.25, -0.2) is 0 Å². The summed E-state index contributed by atoms with van der Waals surface area (Å²) in [7, 11) is -9.78. The molecule has 0 aliphatic rings. The average molecular weight is 516 g/mol. The van der Waals surface area contributed by atoms with Crippen molar-refractivity contribution in [3.05, 3.63) is 35.5 Å². The molecule has 2 aromatic rings. The summed E-state index contributed by atoms with van der Waals surface area (Å²) in [6.45, 7) is 10.6. The van der Waals surface area contributed by atoms with E-state index in [4.69, 9.17) is 50.1 Å². The maximum Gasteiger partial charge on any atom is 0.262 e. The lowest BCUT2D eigenvalue weighted by molar-refractivity contribution is -0.896. The Kier molecular flexibility index (Phi) is 14.6. The van der Waals surface area contributed by atoms with E-state index in [9.17, 15) is 0 Å². The molecule has 1 aromatic heterocycles. The quantitative estimate of drug-likeness (QED) is 0.240. The molecule has 1 aromatic carbocycles. The lowest BCUT2D eigenvalue weighted by Crippen LogP contribution is -3.11. The van der Waals surface area contributed by atoms with Crippen molar-refractivity contribution < 1.29 is 48.7 Å². The van der Waals surface area contributed by atoms with Gasteiger partial charge in [0.25, 0.3) is 15.6 Å². The van der Waals surface area contributed by atoms with E-state index in [1.807, 2.05) is 18.3 Å². The smallest absolute Gasteiger partial charge is 0.262 e. The van der Waals surface area contributed by atoms with Crippen LogP contribution >= 0.6 is 27.2 Å². The molecule has 14 heteroatoms. The largest absolute Gasteiger partial charge is 0.756 e. The van der Waals surface area contributed by atoms with Gasteiger partial charge >= 0.3 is 0 Å². The first-order valence-corrected chi connectivity index (χ1v) is 13.3. The van der Waals surface area contributed by atoms with E-state index in [1.165, 1.54) is 43.5 Å². The minimum Gasteiger partial charge on any atom is -0.756 e. The Bertz CT molecular complexity index is 868. The summed E-state index contributed by atoms with van der Waals surface area (Å²) in [5.41, 5.74) is 2.24. The van der Waals surface area contributed by atoms with Crippen LogP contribution < -0.4 is 20.0 Å². The van der Waals surface area contributed by atoms with Crippen LogP contribution in [-0.2, 0) is 9.13 Å². The van der Waals surface area contributed by atoms with Gasteiger partial charge in [-0.1, -0.05) is 11.6 Å². The van der Waals surface area contributed by atoms with Crippen LogP contribution in [0.3, 0.4) is 0 Å². The molecule has 0 fully saturated rings. The third-order valence-corrected chi connectivity index (χ3v) is 4.63. The first-order chi connectivity index (χ1) is 14.6. The molecule has 11 nitrogen and oxygen atoms in total. The first-order valence-electron chi connectivity index (χ1n) is 9.89. The van der Waals surface area contributed by atoms with E-state index in [-0.39, 0.29) is 0 Å². The molecule has 184 valence electrons. The van der Waals surface area contributed by atoms with Gasteiger partial charge in [-0.2, -0.15) is 0 Å². The van der Waals surface area contributed by atoms with E-state index >= 15 is 0 Å². The normalized spacial score (nSPS) is 12.6. The van der Waals surface area contributed by atoms with E-state index in [1.54, 1.807) is 4.90 Å². The lowest BCUT2D eigenvalue weighted by Gasteiger charge is -2.16. The van der Waals surface area contributed by atoms with Crippen LogP contribution in [0, 0.1) is 0 Å². The van der Waals surface area contributed by atoms with Crippen molar-refractivity contribution in [1.29, 1.82) is 0 Å². The Morgan fingerprint density at radius 1 is 1.09 bits per heavy atom. The number of nitrogens with two attached hydrogens (primary N) is 1. The Labute approximate surface area is 192 Å². The molecule has 0 amide bonds. The Balaban J connectivity index is 0.000000805. The molecule has 0 bridgehead atoms. The van der Waals surface area contributed by atoms with Gasteiger partial charge in [0.05, 0.1) is 36.6 Å². The fourth-order valence-corrected chi connectivity index (χ4v) is 3.12. The van der Waals surface area contributed by atoms with E-state index in [0.29, 0.717) is 6.04 Å². The zero-order valence-electron chi connectivity index (χ0n) is 18.2. The molecule has 0 saturated heterocycles. The molecular formula is C18H32ClN3O8P2. The molecule has 0 saturated carbocycles. The highest BCUT2D eigenvalue weighted by Gasteiger charge is 2.12. The SMILES string of the molecule is CC[NH+](CC)CCC[C@H](C)[NH2+]c1ccnc2cc(Cl)ccc12.O=P([O-])(O)O.O=P([O-])(O)O. The van der Waals surface area contributed by atoms with Gasteiger partial charge in [-0.3, -0.25) is 14.1 Å². The average Bonchev–Trinajstić information content (AvgIpc) is 2.62. The van der Waals surface area contributed by atoms with Crippen molar-refractivity contribution in [2.24, 2.45) is 0 Å². The fourth-order valence-electron chi connectivity index (χ4n) is 2.96. The molecule has 0 spiro atoms. The van der Waals surface area contributed by atoms with Crippen LogP contribution in [0.2, 0.25) is 5.02 Å². The number of hydrogen-bond acceptors (Lipinski definition) is 5. The maximum atomic E-state index is 8.77. The van der Waals surface area contributed by atoms with Gasteiger partial charge in [0.2, 0.25) is 0 Å². The van der Waals surface area contributed by atoms with Crippen molar-refractivity contribution >= 4 is 43.8 Å². The van der Waals surface area contributed by atoms with Crippen LogP contribution in [-0.4, -0.2) is 50.2 Å². The number of quaternary nitrogens is 2. The highest BCUT2D eigenvalue weighted by molar-refractivity contribution is 7.43. The Morgan fingerprint density at radius 3 is 2.12 bits per heavy atom. The predicted molar refractivity (Wildman–Crippen MR) is 118 cm³/mol. The van der Waals surface area contributed by atoms with Crippen LogP contribution in [0.4, 0.5) is 5.69 Å². The van der Waals surface area contributed by atoms with Gasteiger partial charge in [-0.15, -0.1) is 0 Å². The second kappa shape index (κ2) is 15.1. The van der Waals surface area contributed by atoms with E-state index in [2.05, 4.69) is 43.2 Å². The number of fused-ring (bicyclic) bond motifs is 1. The van der Waals surface area contributed by atoms with Gasteiger partial charge in [0, 0.05) is 30.1 Å². The molecule has 1 atom stereocenters. The minimum absolute atomic E-state index is 0.580. The topological polar surface area (TPSA) is 195 Å². The monoisotopic (exact) mass is 515 g/mol. The Morgan fingerprint density at radius 2 is 1.62 bits per heavy atom. The van der Waals surface area contributed by atoms with Gasteiger partial charge in [-0.05, 0) is 39.0 Å². The lowest BCUT2D eigenvalue weighted by atomic mass is 10.1. The number of phosphoric acid groups is 2. The summed E-state index contributed by atoms with van der Waals surface area (Å²) in [6, 6.07) is 8.63. The number of rotatable bonds is 8. The fraction of sp³-hybridized carbons (Fsp3) is 0.500. The van der Waals surface area contributed by atoms with E-state index in [0.717, 1.165) is 10.5 Å². The van der Waals surface area contributed by atoms with E-state index < -0.39 is 15.6 Å². The number of halogens is 1. The molecule has 2 rings (SSSR count). The zero-order valence-corrected chi connectivity index (χ0v) is 20.8. The molecule has 1 heterocycles. The molecule has 0 aliphatic heterocycles. The molecule has 0 unspecified atom stereocenters. The third kappa shape index (κ3) is 17.6. The van der Waals surface area contributed by atoms with Crippen LogP contribution in [0.15, 0.2) is 30.5 Å². The van der Waals surface area contributed by atoms with Crippen LogP contribution in [0.1, 0.15) is 33.6 Å². The summed E-state index contributed by atoms with van der Waals surface area (Å²) < 4.78 is 17.5. The summed E-state index contributed by atoms with van der Waals surface area (Å²) in [6.07, 6.45) is 4.39. The highest BCUT2D eigenvalue weighted by atomic mass is 35.5. The second-order valence-corrected chi connectivity index (χ2v) is 9.43. The number of benzene rings is 1. The zero-order chi connectivity index (χ0) is 24.9. The van der Waals surface area contributed by atoms with Crippen molar-refractivity contribution in [2.45, 2.75) is 39.7 Å². The standard InChI is InChI=1S/C18H26ClN3.2H3O4P/c1-4-22(5-2)12-6-7-14(3)21-17-10-11-20-18-13-15(19)8-9-16(17)18;2*1-5(2,3)4/h8-11,13-14H,4-7,12H2,1-3H3,(H,20,21);2*(H3,1,2,3,4)/t14-;;/m0../s1. The van der Waals surface area contributed by atoms with Gasteiger partial charge < -0.3 is 39.6 Å². The maximum absolute atomic E-state index is 8.77. The molecular weight excluding hydrogens is 484 g/mol. The first kappa shape index (κ1) is 31.1. The number of aromatic nitrogens is 1. The van der Waals surface area contributed by atoms with Crippen LogP contribution in [0.25, 0.3) is 10.9 Å². The predicted octanol–water partition coefficient (Wildman–Crippen LogP) is -0.945. The molecule has 32 heavy (non-hydrogen) atoms. The van der Waals surface area contributed by atoms with Crippen molar-refractivity contribution in [2.75, 3.05) is 19.6 Å². The number of nitrogens with one attached hydrogen (secondary N) is 1. The van der Waals surface area contributed by atoms with Gasteiger partial charge in [0.15, 0.2) is 0 Å². The van der Waals surface area contributed by atoms with Crippen LogP contribution in [0.5, 0.6) is 0 Å². The summed E-state index contributed by atoms with van der Waals surface area (Å²) in [4.78, 5) is 51.9. The van der Waals surface area contributed by atoms with Crippen molar-refractivity contribution in [3.63, 3.8) is 0 Å². The van der Waals surface area contributed by atoms with Crippen molar-refractivity contribution in [1.82, 2.24) is 4.98 Å². The summed E-state index contributed by atoms with van der Waals surface area (Å²) >= 11 is 6.05. The van der Waals surface area contributed by atoms with Gasteiger partial charge in [0.1, 0.15) is 5.69 Å². The third-order valence-electron chi connectivity index (χ3n) is 4.39. The summed E-state index contributed by atoms with van der Waals surface area (Å²) in [5.74, 6) is 0. The molecule has 0 aliphatic carbocycles. The molecule has 7 N–H and O–H groups in total. The van der Waals surface area contributed by atoms with Crippen molar-refractivity contribution in [3.8, 4) is 0 Å². The minimum atomic E-state index is -4.89. The molecule has 0 radical (unpaired) electrons. The number of hydrogen-bond donors (Lipinski definition) is 6. The Hall–Kier alpha value is -0.940. The number of nitrogens with zero attached hydrogens (tertiary/aromatic N) is 1. The number of pyridine rings is 1. The second-order valence-electron chi connectivity index (χ2n) is 7.04. The highest BCUT2D eigenvalue weighted by Crippen LogP contribution is 2.21. The summed E-state index contributed by atoms with van der Waals surface area (Å²) in [5, 5.41) is 4.30.